The second kappa shape index (κ2) is 5.99. The topological polar surface area (TPSA) is 41.1 Å². The van der Waals surface area contributed by atoms with Gasteiger partial charge in [0.05, 0.1) is 0 Å². The van der Waals surface area contributed by atoms with E-state index in [4.69, 9.17) is 0 Å². The molecular formula is C14H24N4S. The van der Waals surface area contributed by atoms with Crippen molar-refractivity contribution >= 4 is 23.4 Å². The van der Waals surface area contributed by atoms with Gasteiger partial charge in [0.2, 0.25) is 0 Å². The lowest BCUT2D eigenvalue weighted by Gasteiger charge is -2.25. The van der Waals surface area contributed by atoms with Crippen LogP contribution in [0.15, 0.2) is 6.33 Å². The summed E-state index contributed by atoms with van der Waals surface area (Å²) in [6.07, 6.45) is 3.82. The van der Waals surface area contributed by atoms with Gasteiger partial charge in [-0.15, -0.1) is 0 Å². The molecule has 1 aliphatic heterocycles. The lowest BCUT2D eigenvalue weighted by molar-refractivity contribution is 0.633. The van der Waals surface area contributed by atoms with Crippen LogP contribution in [-0.4, -0.2) is 40.6 Å². The van der Waals surface area contributed by atoms with E-state index in [0.717, 1.165) is 36.9 Å². The Morgan fingerprint density at radius 2 is 2.16 bits per heavy atom. The predicted molar refractivity (Wildman–Crippen MR) is 84.3 cm³/mol. The van der Waals surface area contributed by atoms with Crippen molar-refractivity contribution in [3.8, 4) is 0 Å². The summed E-state index contributed by atoms with van der Waals surface area (Å²) >= 11 is 2.06. The molecule has 1 fully saturated rings. The summed E-state index contributed by atoms with van der Waals surface area (Å²) < 4.78 is 0.375. The van der Waals surface area contributed by atoms with Gasteiger partial charge in [-0.05, 0) is 12.8 Å². The highest BCUT2D eigenvalue weighted by molar-refractivity contribution is 8.00. The smallest absolute Gasteiger partial charge is 0.137 e. The molecule has 4 nitrogen and oxygen atoms in total. The summed E-state index contributed by atoms with van der Waals surface area (Å²) in [5.74, 6) is 3.23. The molecule has 0 amide bonds. The van der Waals surface area contributed by atoms with Crippen molar-refractivity contribution < 1.29 is 0 Å². The van der Waals surface area contributed by atoms with Gasteiger partial charge in [-0.25, -0.2) is 9.97 Å². The van der Waals surface area contributed by atoms with Crippen molar-refractivity contribution in [1.82, 2.24) is 9.97 Å². The zero-order valence-corrected chi connectivity index (χ0v) is 13.2. The van der Waals surface area contributed by atoms with E-state index >= 15 is 0 Å². The lowest BCUT2D eigenvalue weighted by Crippen LogP contribution is -2.29. The molecule has 1 aromatic heterocycles. The first-order valence-corrected chi connectivity index (χ1v) is 7.96. The zero-order valence-electron chi connectivity index (χ0n) is 12.4. The third-order valence-corrected chi connectivity index (χ3v) is 5.02. The molecule has 5 heteroatoms. The highest BCUT2D eigenvalue weighted by Crippen LogP contribution is 2.33. The number of hydrogen-bond donors (Lipinski definition) is 1. The fourth-order valence-electron chi connectivity index (χ4n) is 2.45. The number of hydrogen-bond acceptors (Lipinski definition) is 5. The Balaban J connectivity index is 2.26. The molecule has 106 valence electrons. The molecule has 1 aromatic rings. The number of nitrogens with zero attached hydrogens (tertiary/aromatic N) is 3. The Morgan fingerprint density at radius 1 is 1.37 bits per heavy atom. The first kappa shape index (κ1) is 14.4. The van der Waals surface area contributed by atoms with Crippen LogP contribution in [0.1, 0.15) is 32.8 Å². The van der Waals surface area contributed by atoms with Crippen LogP contribution in [0.5, 0.6) is 0 Å². The van der Waals surface area contributed by atoms with E-state index < -0.39 is 0 Å². The number of anilines is 2. The summed E-state index contributed by atoms with van der Waals surface area (Å²) in [5.41, 5.74) is 1.23. The molecule has 1 aliphatic rings. The van der Waals surface area contributed by atoms with E-state index in [1.165, 1.54) is 12.0 Å². The maximum absolute atomic E-state index is 4.54. The second-order valence-electron chi connectivity index (χ2n) is 5.47. The van der Waals surface area contributed by atoms with Gasteiger partial charge in [-0.2, -0.15) is 11.8 Å². The van der Waals surface area contributed by atoms with E-state index in [9.17, 15) is 0 Å². The van der Waals surface area contributed by atoms with Crippen LogP contribution in [-0.2, 0) is 6.42 Å². The SMILES string of the molecule is CCc1c(NC)ncnc1N1CCSC(C)(C)CC1. The van der Waals surface area contributed by atoms with Crippen molar-refractivity contribution in [2.24, 2.45) is 0 Å². The Bertz CT molecular complexity index is 433. The molecule has 2 heterocycles. The van der Waals surface area contributed by atoms with Crippen LogP contribution in [0.2, 0.25) is 0 Å². The van der Waals surface area contributed by atoms with Crippen LogP contribution in [0.4, 0.5) is 11.6 Å². The first-order valence-electron chi connectivity index (χ1n) is 6.98. The molecule has 0 spiro atoms. The summed E-state index contributed by atoms with van der Waals surface area (Å²) in [6, 6.07) is 0. The van der Waals surface area contributed by atoms with Crippen LogP contribution < -0.4 is 10.2 Å². The molecule has 19 heavy (non-hydrogen) atoms. The quantitative estimate of drug-likeness (QED) is 0.922. The van der Waals surface area contributed by atoms with Crippen molar-refractivity contribution in [1.29, 1.82) is 0 Å². The van der Waals surface area contributed by atoms with E-state index in [1.807, 2.05) is 7.05 Å². The molecular weight excluding hydrogens is 256 g/mol. The van der Waals surface area contributed by atoms with E-state index in [2.05, 4.69) is 52.7 Å². The molecule has 2 rings (SSSR count). The minimum atomic E-state index is 0.375. The molecule has 0 aliphatic carbocycles. The van der Waals surface area contributed by atoms with Gasteiger partial charge in [-0.3, -0.25) is 0 Å². The number of nitrogens with one attached hydrogen (secondary N) is 1. The van der Waals surface area contributed by atoms with Crippen molar-refractivity contribution in [2.75, 3.05) is 36.1 Å². The summed E-state index contributed by atoms with van der Waals surface area (Å²) in [7, 11) is 1.92. The molecule has 0 atom stereocenters. The highest BCUT2D eigenvalue weighted by Gasteiger charge is 2.25. The molecule has 0 radical (unpaired) electrons. The Hall–Kier alpha value is -0.970. The largest absolute Gasteiger partial charge is 0.373 e. The zero-order chi connectivity index (χ0) is 13.9. The first-order chi connectivity index (χ1) is 9.07. The number of thioether (sulfide) groups is 1. The van der Waals surface area contributed by atoms with Crippen LogP contribution in [0.25, 0.3) is 0 Å². The third kappa shape index (κ3) is 3.32. The fraction of sp³-hybridized carbons (Fsp3) is 0.714. The summed E-state index contributed by atoms with van der Waals surface area (Å²) in [5, 5.41) is 3.17. The van der Waals surface area contributed by atoms with Crippen molar-refractivity contribution in [3.05, 3.63) is 11.9 Å². The molecule has 1 N–H and O–H groups in total. The average Bonchev–Trinajstić information content (AvgIpc) is 2.58. The van der Waals surface area contributed by atoms with Crippen LogP contribution in [0, 0.1) is 0 Å². The molecule has 0 saturated carbocycles. The minimum absolute atomic E-state index is 0.375. The normalized spacial score (nSPS) is 19.1. The highest BCUT2D eigenvalue weighted by atomic mass is 32.2. The van der Waals surface area contributed by atoms with Gasteiger partial charge in [0, 0.05) is 36.2 Å². The average molecular weight is 280 g/mol. The Kier molecular flexibility index (Phi) is 4.55. The van der Waals surface area contributed by atoms with Crippen LogP contribution >= 0.6 is 11.8 Å². The van der Waals surface area contributed by atoms with Crippen molar-refractivity contribution in [2.45, 2.75) is 38.4 Å². The lowest BCUT2D eigenvalue weighted by atomic mass is 10.1. The standard InChI is InChI=1S/C14H24N4S/c1-5-11-12(15-4)16-10-17-13(11)18-7-6-14(2,3)19-9-8-18/h10H,5-9H2,1-4H3,(H,15,16,17). The Labute approximate surface area is 120 Å². The van der Waals surface area contributed by atoms with E-state index in [1.54, 1.807) is 6.33 Å². The Morgan fingerprint density at radius 3 is 2.84 bits per heavy atom. The van der Waals surface area contributed by atoms with E-state index in [0.29, 0.717) is 4.75 Å². The minimum Gasteiger partial charge on any atom is -0.373 e. The molecule has 0 unspecified atom stereocenters. The second-order valence-corrected chi connectivity index (χ2v) is 7.28. The van der Waals surface area contributed by atoms with Crippen LogP contribution in [0.3, 0.4) is 0 Å². The summed E-state index contributed by atoms with van der Waals surface area (Å²) in [4.78, 5) is 11.3. The predicted octanol–water partition coefficient (Wildman–Crippen LogP) is 2.80. The monoisotopic (exact) mass is 280 g/mol. The fourth-order valence-corrected chi connectivity index (χ4v) is 3.55. The maximum Gasteiger partial charge on any atom is 0.137 e. The number of rotatable bonds is 3. The van der Waals surface area contributed by atoms with Gasteiger partial charge in [-0.1, -0.05) is 20.8 Å². The van der Waals surface area contributed by atoms with Crippen molar-refractivity contribution in [3.63, 3.8) is 0 Å². The molecule has 0 aromatic carbocycles. The van der Waals surface area contributed by atoms with Gasteiger partial charge in [0.25, 0.3) is 0 Å². The van der Waals surface area contributed by atoms with Gasteiger partial charge >= 0.3 is 0 Å². The number of aromatic nitrogens is 2. The molecule has 0 bridgehead atoms. The maximum atomic E-state index is 4.54. The summed E-state index contributed by atoms with van der Waals surface area (Å²) in [6.45, 7) is 8.98. The molecule has 1 saturated heterocycles. The third-order valence-electron chi connectivity index (χ3n) is 3.65. The van der Waals surface area contributed by atoms with Gasteiger partial charge < -0.3 is 10.2 Å². The van der Waals surface area contributed by atoms with Gasteiger partial charge in [0.15, 0.2) is 0 Å². The van der Waals surface area contributed by atoms with E-state index in [-0.39, 0.29) is 0 Å². The van der Waals surface area contributed by atoms with Gasteiger partial charge in [0.1, 0.15) is 18.0 Å².